The number of amides is 1. The van der Waals surface area contributed by atoms with E-state index in [0.717, 1.165) is 18.9 Å². The fourth-order valence-electron chi connectivity index (χ4n) is 3.15. The largest absolute Gasteiger partial charge is 0.326 e. The first-order chi connectivity index (χ1) is 8.13. The van der Waals surface area contributed by atoms with Gasteiger partial charge in [0.15, 0.2) is 0 Å². The SMILES string of the molecule is CCC(C)C1NC(C)N(CC2CCCC2)C1=O. The Labute approximate surface area is 105 Å². The van der Waals surface area contributed by atoms with Crippen LogP contribution in [0.3, 0.4) is 0 Å². The first-order valence-corrected chi connectivity index (χ1v) is 7.20. The highest BCUT2D eigenvalue weighted by atomic mass is 16.2. The molecule has 0 aromatic carbocycles. The van der Waals surface area contributed by atoms with Crippen LogP contribution in [0.2, 0.25) is 0 Å². The summed E-state index contributed by atoms with van der Waals surface area (Å²) < 4.78 is 0. The summed E-state index contributed by atoms with van der Waals surface area (Å²) in [7, 11) is 0. The number of hydrogen-bond acceptors (Lipinski definition) is 2. The van der Waals surface area contributed by atoms with Crippen molar-refractivity contribution in [3.63, 3.8) is 0 Å². The molecular formula is C14H26N2O. The molecule has 1 N–H and O–H groups in total. The second-order valence-corrected chi connectivity index (χ2v) is 5.85. The van der Waals surface area contributed by atoms with Crippen LogP contribution in [0, 0.1) is 11.8 Å². The Morgan fingerprint density at radius 3 is 2.65 bits per heavy atom. The van der Waals surface area contributed by atoms with E-state index >= 15 is 0 Å². The molecule has 2 aliphatic rings. The Balaban J connectivity index is 1.95. The molecule has 3 heteroatoms. The molecule has 0 aromatic rings. The molecule has 1 saturated heterocycles. The van der Waals surface area contributed by atoms with E-state index in [1.807, 2.05) is 0 Å². The van der Waals surface area contributed by atoms with Crippen molar-refractivity contribution in [1.82, 2.24) is 10.2 Å². The zero-order valence-corrected chi connectivity index (χ0v) is 11.4. The maximum Gasteiger partial charge on any atom is 0.241 e. The van der Waals surface area contributed by atoms with Crippen LogP contribution < -0.4 is 5.32 Å². The molecule has 0 radical (unpaired) electrons. The maximum absolute atomic E-state index is 12.4. The molecule has 1 heterocycles. The van der Waals surface area contributed by atoms with Crippen molar-refractivity contribution in [2.75, 3.05) is 6.54 Å². The first-order valence-electron chi connectivity index (χ1n) is 7.20. The highest BCUT2D eigenvalue weighted by molar-refractivity contribution is 5.84. The van der Waals surface area contributed by atoms with Crippen molar-refractivity contribution in [2.24, 2.45) is 11.8 Å². The summed E-state index contributed by atoms with van der Waals surface area (Å²) in [6.07, 6.45) is 6.61. The van der Waals surface area contributed by atoms with Gasteiger partial charge in [0.2, 0.25) is 5.91 Å². The molecule has 3 unspecified atom stereocenters. The highest BCUT2D eigenvalue weighted by Crippen LogP contribution is 2.28. The third kappa shape index (κ3) is 2.65. The van der Waals surface area contributed by atoms with E-state index in [4.69, 9.17) is 0 Å². The van der Waals surface area contributed by atoms with E-state index < -0.39 is 0 Å². The van der Waals surface area contributed by atoms with Gasteiger partial charge in [-0.05, 0) is 31.6 Å². The molecule has 17 heavy (non-hydrogen) atoms. The van der Waals surface area contributed by atoms with Gasteiger partial charge in [-0.25, -0.2) is 0 Å². The van der Waals surface area contributed by atoms with E-state index in [-0.39, 0.29) is 12.2 Å². The average molecular weight is 238 g/mol. The second-order valence-electron chi connectivity index (χ2n) is 5.85. The molecule has 98 valence electrons. The quantitative estimate of drug-likeness (QED) is 0.815. The molecule has 1 aliphatic carbocycles. The van der Waals surface area contributed by atoms with Crippen molar-refractivity contribution in [3.8, 4) is 0 Å². The predicted octanol–water partition coefficient (Wildman–Crippen LogP) is 2.37. The second kappa shape index (κ2) is 5.38. The number of carbonyl (C=O) groups is 1. The molecular weight excluding hydrogens is 212 g/mol. The molecule has 1 amide bonds. The standard InChI is InChI=1S/C14H26N2O/c1-4-10(2)13-14(17)16(11(3)15-13)9-12-7-5-6-8-12/h10-13,15H,4-9H2,1-3H3. The van der Waals surface area contributed by atoms with Crippen LogP contribution >= 0.6 is 0 Å². The van der Waals surface area contributed by atoms with Crippen molar-refractivity contribution in [2.45, 2.75) is 65.1 Å². The summed E-state index contributed by atoms with van der Waals surface area (Å²) >= 11 is 0. The van der Waals surface area contributed by atoms with E-state index in [0.29, 0.717) is 11.8 Å². The minimum Gasteiger partial charge on any atom is -0.326 e. The van der Waals surface area contributed by atoms with Crippen LogP contribution in [0.5, 0.6) is 0 Å². The Kier molecular flexibility index (Phi) is 4.08. The molecule has 1 saturated carbocycles. The molecule has 2 fully saturated rings. The van der Waals surface area contributed by atoms with Crippen molar-refractivity contribution in [1.29, 1.82) is 0 Å². The van der Waals surface area contributed by atoms with Gasteiger partial charge < -0.3 is 4.90 Å². The molecule has 0 bridgehead atoms. The average Bonchev–Trinajstić information content (AvgIpc) is 2.91. The first kappa shape index (κ1) is 12.9. The number of rotatable bonds is 4. The Bertz CT molecular complexity index is 273. The van der Waals surface area contributed by atoms with Gasteiger partial charge in [0.05, 0.1) is 12.2 Å². The summed E-state index contributed by atoms with van der Waals surface area (Å²) in [4.78, 5) is 14.4. The lowest BCUT2D eigenvalue weighted by molar-refractivity contribution is -0.131. The number of carbonyl (C=O) groups excluding carboxylic acids is 1. The lowest BCUT2D eigenvalue weighted by atomic mass is 9.99. The van der Waals surface area contributed by atoms with Gasteiger partial charge in [0.1, 0.15) is 0 Å². The minimum absolute atomic E-state index is 0.0522. The van der Waals surface area contributed by atoms with E-state index in [2.05, 4.69) is 31.0 Å². The maximum atomic E-state index is 12.4. The molecule has 1 aliphatic heterocycles. The Hall–Kier alpha value is -0.570. The summed E-state index contributed by atoms with van der Waals surface area (Å²) in [6.45, 7) is 7.42. The normalized spacial score (nSPS) is 32.4. The zero-order valence-electron chi connectivity index (χ0n) is 11.4. The van der Waals surface area contributed by atoms with Crippen LogP contribution in [0.1, 0.15) is 52.9 Å². The van der Waals surface area contributed by atoms with Gasteiger partial charge in [-0.15, -0.1) is 0 Å². The summed E-state index contributed by atoms with van der Waals surface area (Å²) in [6, 6.07) is 0.0522. The van der Waals surface area contributed by atoms with Crippen LogP contribution in [0.4, 0.5) is 0 Å². The van der Waals surface area contributed by atoms with Gasteiger partial charge >= 0.3 is 0 Å². The minimum atomic E-state index is 0.0522. The van der Waals surface area contributed by atoms with Crippen LogP contribution in [0.15, 0.2) is 0 Å². The van der Waals surface area contributed by atoms with E-state index in [1.165, 1.54) is 25.7 Å². The molecule has 0 aromatic heterocycles. The summed E-state index contributed by atoms with van der Waals surface area (Å²) in [5, 5.41) is 3.45. The van der Waals surface area contributed by atoms with E-state index in [1.54, 1.807) is 0 Å². The lowest BCUT2D eigenvalue weighted by Gasteiger charge is -2.24. The van der Waals surface area contributed by atoms with Crippen molar-refractivity contribution in [3.05, 3.63) is 0 Å². The van der Waals surface area contributed by atoms with Crippen molar-refractivity contribution >= 4 is 5.91 Å². The van der Waals surface area contributed by atoms with Crippen molar-refractivity contribution < 1.29 is 4.79 Å². The van der Waals surface area contributed by atoms with Gasteiger partial charge in [-0.1, -0.05) is 33.1 Å². The fourth-order valence-corrected chi connectivity index (χ4v) is 3.15. The van der Waals surface area contributed by atoms with Gasteiger partial charge in [-0.3, -0.25) is 10.1 Å². The van der Waals surface area contributed by atoms with E-state index in [9.17, 15) is 4.79 Å². The van der Waals surface area contributed by atoms with Crippen LogP contribution in [-0.4, -0.2) is 29.6 Å². The molecule has 3 atom stereocenters. The monoisotopic (exact) mass is 238 g/mol. The van der Waals surface area contributed by atoms with Crippen LogP contribution in [0.25, 0.3) is 0 Å². The highest BCUT2D eigenvalue weighted by Gasteiger charge is 2.39. The predicted molar refractivity (Wildman–Crippen MR) is 69.5 cm³/mol. The molecule has 3 nitrogen and oxygen atoms in total. The number of nitrogens with zero attached hydrogens (tertiary/aromatic N) is 1. The number of hydrogen-bond donors (Lipinski definition) is 1. The molecule has 2 rings (SSSR count). The summed E-state index contributed by atoms with van der Waals surface area (Å²) in [5.74, 6) is 1.52. The lowest BCUT2D eigenvalue weighted by Crippen LogP contribution is -2.38. The topological polar surface area (TPSA) is 32.3 Å². The zero-order chi connectivity index (χ0) is 12.4. The Morgan fingerprint density at radius 1 is 1.41 bits per heavy atom. The molecule has 0 spiro atoms. The fraction of sp³-hybridized carbons (Fsp3) is 0.929. The summed E-state index contributed by atoms with van der Waals surface area (Å²) in [5.41, 5.74) is 0. The third-order valence-corrected chi connectivity index (χ3v) is 4.58. The third-order valence-electron chi connectivity index (χ3n) is 4.58. The number of nitrogens with one attached hydrogen (secondary N) is 1. The Morgan fingerprint density at radius 2 is 2.06 bits per heavy atom. The van der Waals surface area contributed by atoms with Gasteiger partial charge in [0.25, 0.3) is 0 Å². The van der Waals surface area contributed by atoms with Gasteiger partial charge in [-0.2, -0.15) is 0 Å². The smallest absolute Gasteiger partial charge is 0.241 e. The van der Waals surface area contributed by atoms with Crippen LogP contribution in [-0.2, 0) is 4.79 Å². The van der Waals surface area contributed by atoms with Gasteiger partial charge in [0, 0.05) is 6.54 Å².